The lowest BCUT2D eigenvalue weighted by Crippen LogP contribution is -1.92. The van der Waals surface area contributed by atoms with Gasteiger partial charge in [0.2, 0.25) is 0 Å². The number of benzene rings is 1. The summed E-state index contributed by atoms with van der Waals surface area (Å²) in [5.74, 6) is -0.278. The number of hydrogen-bond donors (Lipinski definition) is 0. The van der Waals surface area contributed by atoms with E-state index in [1.54, 1.807) is 11.4 Å². The van der Waals surface area contributed by atoms with Gasteiger partial charge in [0, 0.05) is 16.5 Å². The molecule has 0 amide bonds. The van der Waals surface area contributed by atoms with Gasteiger partial charge in [0.1, 0.15) is 17.3 Å². The maximum absolute atomic E-state index is 11.3. The molecule has 0 saturated heterocycles. The number of nitrogens with zero attached hydrogens (tertiary/aromatic N) is 1. The van der Waals surface area contributed by atoms with Crippen LogP contribution in [0.1, 0.15) is 26.4 Å². The third kappa shape index (κ3) is 1.64. The van der Waals surface area contributed by atoms with Crippen LogP contribution < -0.4 is 0 Å². The van der Waals surface area contributed by atoms with E-state index in [-0.39, 0.29) is 5.97 Å². The average molecular weight is 245 g/mol. The largest absolute Gasteiger partial charge is 0.457 e. The Balaban J connectivity index is 2.05. The van der Waals surface area contributed by atoms with Gasteiger partial charge < -0.3 is 4.74 Å². The fourth-order valence-corrected chi connectivity index (χ4v) is 2.50. The molecule has 3 rings (SSSR count). The Morgan fingerprint density at radius 3 is 3.06 bits per heavy atom. The predicted octanol–water partition coefficient (Wildman–Crippen LogP) is 2.29. The molecule has 5 heteroatoms. The van der Waals surface area contributed by atoms with Gasteiger partial charge in [-0.05, 0) is 12.1 Å². The summed E-state index contributed by atoms with van der Waals surface area (Å²) >= 11 is 1.41. The first-order valence-electron chi connectivity index (χ1n) is 4.99. The van der Waals surface area contributed by atoms with Crippen molar-refractivity contribution in [2.24, 2.45) is 0 Å². The Labute approximate surface area is 101 Å². The van der Waals surface area contributed by atoms with Crippen molar-refractivity contribution in [3.8, 4) is 10.6 Å². The second-order valence-corrected chi connectivity index (χ2v) is 4.50. The molecular formula is C12H7NO3S. The molecule has 0 bridgehead atoms. The van der Waals surface area contributed by atoms with Gasteiger partial charge in [-0.1, -0.05) is 6.07 Å². The van der Waals surface area contributed by atoms with Crippen LogP contribution in [-0.4, -0.2) is 17.2 Å². The normalized spacial score (nSPS) is 13.3. The first-order chi connectivity index (χ1) is 8.28. The molecule has 0 N–H and O–H groups in total. The van der Waals surface area contributed by atoms with Gasteiger partial charge in [-0.15, -0.1) is 11.3 Å². The van der Waals surface area contributed by atoms with Crippen LogP contribution in [0.3, 0.4) is 0 Å². The van der Waals surface area contributed by atoms with Crippen LogP contribution in [0.4, 0.5) is 0 Å². The molecule has 0 saturated carbocycles. The molecule has 84 valence electrons. The molecule has 17 heavy (non-hydrogen) atoms. The van der Waals surface area contributed by atoms with Crippen molar-refractivity contribution in [3.63, 3.8) is 0 Å². The van der Waals surface area contributed by atoms with Crippen LogP contribution in [0.2, 0.25) is 0 Å². The zero-order valence-electron chi connectivity index (χ0n) is 8.67. The average Bonchev–Trinajstić information content (AvgIpc) is 2.96. The number of ether oxygens (including phenoxy) is 1. The number of rotatable bonds is 2. The highest BCUT2D eigenvalue weighted by Crippen LogP contribution is 2.28. The minimum atomic E-state index is -0.278. The number of carbonyl (C=O) groups is 2. The fraction of sp³-hybridized carbons (Fsp3) is 0.0833. The molecule has 1 aromatic heterocycles. The molecule has 0 aliphatic carbocycles. The minimum absolute atomic E-state index is 0.278. The first kappa shape index (κ1) is 10.2. The number of cyclic esters (lactones) is 1. The van der Waals surface area contributed by atoms with E-state index in [0.717, 1.165) is 22.4 Å². The second-order valence-electron chi connectivity index (χ2n) is 3.64. The molecule has 0 unspecified atom stereocenters. The third-order valence-electron chi connectivity index (χ3n) is 2.57. The van der Waals surface area contributed by atoms with Crippen LogP contribution in [-0.2, 0) is 11.3 Å². The summed E-state index contributed by atoms with van der Waals surface area (Å²) in [7, 11) is 0. The molecule has 1 aliphatic heterocycles. The Kier molecular flexibility index (Phi) is 2.26. The van der Waals surface area contributed by atoms with E-state index in [1.165, 1.54) is 11.3 Å². The van der Waals surface area contributed by atoms with E-state index < -0.39 is 0 Å². The highest BCUT2D eigenvalue weighted by Gasteiger charge is 2.21. The number of carbonyl (C=O) groups excluding carboxylic acids is 2. The van der Waals surface area contributed by atoms with E-state index in [9.17, 15) is 9.59 Å². The molecular weight excluding hydrogens is 238 g/mol. The van der Waals surface area contributed by atoms with E-state index in [0.29, 0.717) is 17.9 Å². The van der Waals surface area contributed by atoms with Crippen LogP contribution in [0, 0.1) is 0 Å². The number of fused-ring (bicyclic) bond motifs is 1. The summed E-state index contributed by atoms with van der Waals surface area (Å²) in [5.41, 5.74) is 2.81. The summed E-state index contributed by atoms with van der Waals surface area (Å²) in [5, 5.41) is 2.48. The van der Waals surface area contributed by atoms with Crippen LogP contribution in [0.25, 0.3) is 10.6 Å². The Morgan fingerprint density at radius 1 is 1.41 bits per heavy atom. The van der Waals surface area contributed by atoms with E-state index in [1.807, 2.05) is 12.1 Å². The molecule has 2 aromatic rings. The molecule has 0 radical (unpaired) electrons. The zero-order chi connectivity index (χ0) is 11.8. The summed E-state index contributed by atoms with van der Waals surface area (Å²) < 4.78 is 4.93. The topological polar surface area (TPSA) is 56.3 Å². The SMILES string of the molecule is O=Cc1csc(-c2ccc3c(c2)COC3=O)n1. The molecule has 1 aliphatic rings. The minimum Gasteiger partial charge on any atom is -0.457 e. The second kappa shape index (κ2) is 3.78. The zero-order valence-corrected chi connectivity index (χ0v) is 9.49. The first-order valence-corrected chi connectivity index (χ1v) is 5.87. The lowest BCUT2D eigenvalue weighted by Gasteiger charge is -1.98. The highest BCUT2D eigenvalue weighted by molar-refractivity contribution is 7.13. The highest BCUT2D eigenvalue weighted by atomic mass is 32.1. The number of esters is 1. The van der Waals surface area contributed by atoms with Crippen LogP contribution in [0.5, 0.6) is 0 Å². The Bertz CT molecular complexity index is 618. The molecule has 0 atom stereocenters. The molecule has 0 spiro atoms. The van der Waals surface area contributed by atoms with Crippen LogP contribution in [0.15, 0.2) is 23.6 Å². The van der Waals surface area contributed by atoms with Crippen molar-refractivity contribution in [1.82, 2.24) is 4.98 Å². The van der Waals surface area contributed by atoms with Gasteiger partial charge in [-0.3, -0.25) is 4.79 Å². The predicted molar refractivity (Wildman–Crippen MR) is 62.1 cm³/mol. The summed E-state index contributed by atoms with van der Waals surface area (Å²) in [6.07, 6.45) is 0.722. The third-order valence-corrected chi connectivity index (χ3v) is 3.48. The van der Waals surface area contributed by atoms with Crippen molar-refractivity contribution in [2.45, 2.75) is 6.61 Å². The number of hydrogen-bond acceptors (Lipinski definition) is 5. The molecule has 4 nitrogen and oxygen atoms in total. The monoisotopic (exact) mass is 245 g/mol. The standard InChI is InChI=1S/C12H7NO3S/c14-4-9-6-17-11(13-9)7-1-2-10-8(3-7)5-16-12(10)15/h1-4,6H,5H2. The van der Waals surface area contributed by atoms with E-state index >= 15 is 0 Å². The van der Waals surface area contributed by atoms with Gasteiger partial charge in [0.25, 0.3) is 0 Å². The van der Waals surface area contributed by atoms with Crippen molar-refractivity contribution < 1.29 is 14.3 Å². The molecule has 2 heterocycles. The summed E-state index contributed by atoms with van der Waals surface area (Å²) in [4.78, 5) is 26.0. The van der Waals surface area contributed by atoms with Crippen molar-refractivity contribution in [3.05, 3.63) is 40.4 Å². The van der Waals surface area contributed by atoms with Crippen molar-refractivity contribution in [1.29, 1.82) is 0 Å². The lowest BCUT2D eigenvalue weighted by atomic mass is 10.1. The number of aldehydes is 1. The van der Waals surface area contributed by atoms with Gasteiger partial charge in [0.05, 0.1) is 5.56 Å². The van der Waals surface area contributed by atoms with E-state index in [2.05, 4.69) is 4.98 Å². The Morgan fingerprint density at radius 2 is 2.29 bits per heavy atom. The van der Waals surface area contributed by atoms with Crippen molar-refractivity contribution in [2.75, 3.05) is 0 Å². The van der Waals surface area contributed by atoms with Gasteiger partial charge in [-0.2, -0.15) is 0 Å². The van der Waals surface area contributed by atoms with Gasteiger partial charge in [-0.25, -0.2) is 9.78 Å². The maximum Gasteiger partial charge on any atom is 0.338 e. The lowest BCUT2D eigenvalue weighted by molar-refractivity contribution is 0.0535. The summed E-state index contributed by atoms with van der Waals surface area (Å²) in [6.45, 7) is 0.313. The van der Waals surface area contributed by atoms with E-state index in [4.69, 9.17) is 4.74 Å². The van der Waals surface area contributed by atoms with Gasteiger partial charge >= 0.3 is 5.97 Å². The quantitative estimate of drug-likeness (QED) is 0.601. The molecule has 1 aromatic carbocycles. The number of thiazole rings is 1. The van der Waals surface area contributed by atoms with Crippen molar-refractivity contribution >= 4 is 23.6 Å². The molecule has 0 fully saturated rings. The van der Waals surface area contributed by atoms with Gasteiger partial charge in [0.15, 0.2) is 6.29 Å². The van der Waals surface area contributed by atoms with Crippen LogP contribution >= 0.6 is 11.3 Å². The smallest absolute Gasteiger partial charge is 0.338 e. The summed E-state index contributed by atoms with van der Waals surface area (Å²) in [6, 6.07) is 5.44. The Hall–Kier alpha value is -2.01. The maximum atomic E-state index is 11.3. The number of aromatic nitrogens is 1. The fourth-order valence-electron chi connectivity index (χ4n) is 1.74.